The van der Waals surface area contributed by atoms with E-state index in [2.05, 4.69) is 52.8 Å². The van der Waals surface area contributed by atoms with Gasteiger partial charge in [0.2, 0.25) is 0 Å². The molecule has 1 aromatic heterocycles. The molecule has 0 spiro atoms. The van der Waals surface area contributed by atoms with E-state index >= 15 is 0 Å². The van der Waals surface area contributed by atoms with Gasteiger partial charge < -0.3 is 15.4 Å². The summed E-state index contributed by atoms with van der Waals surface area (Å²) < 4.78 is 6.59. The lowest BCUT2D eigenvalue weighted by Crippen LogP contribution is -2.42. The second-order valence-electron chi connectivity index (χ2n) is 6.90. The molecule has 0 aliphatic carbocycles. The van der Waals surface area contributed by atoms with E-state index in [9.17, 15) is 0 Å². The molecule has 0 saturated carbocycles. The zero-order valence-electron chi connectivity index (χ0n) is 15.9. The molecule has 0 bridgehead atoms. The topological polar surface area (TPSA) is 49.4 Å². The van der Waals surface area contributed by atoms with Crippen molar-refractivity contribution in [3.63, 3.8) is 0 Å². The molecule has 1 fully saturated rings. The third-order valence-electron chi connectivity index (χ3n) is 4.75. The molecule has 1 aliphatic rings. The number of benzene rings is 2. The first-order chi connectivity index (χ1) is 13.7. The van der Waals surface area contributed by atoms with Crippen LogP contribution in [-0.2, 0) is 4.74 Å². The Bertz CT molecular complexity index is 949. The summed E-state index contributed by atoms with van der Waals surface area (Å²) in [5.41, 5.74) is 4.41. The van der Waals surface area contributed by atoms with Crippen LogP contribution in [0.25, 0.3) is 20.8 Å². The van der Waals surface area contributed by atoms with Gasteiger partial charge in [-0.3, -0.25) is 4.90 Å². The van der Waals surface area contributed by atoms with Gasteiger partial charge in [-0.15, -0.1) is 11.3 Å². The van der Waals surface area contributed by atoms with E-state index < -0.39 is 0 Å². The van der Waals surface area contributed by atoms with Crippen LogP contribution in [0.1, 0.15) is 5.56 Å². The van der Waals surface area contributed by atoms with Crippen LogP contribution in [-0.4, -0.2) is 54.4 Å². The average Bonchev–Trinajstić information content (AvgIpc) is 3.12. The van der Waals surface area contributed by atoms with Crippen molar-refractivity contribution >= 4 is 44.6 Å². The summed E-state index contributed by atoms with van der Waals surface area (Å²) in [7, 11) is 0. The van der Waals surface area contributed by atoms with Crippen LogP contribution >= 0.6 is 23.6 Å². The summed E-state index contributed by atoms with van der Waals surface area (Å²) in [5, 5.41) is 8.22. The summed E-state index contributed by atoms with van der Waals surface area (Å²) >= 11 is 7.13. The lowest BCUT2D eigenvalue weighted by molar-refractivity contribution is 0.0389. The summed E-state index contributed by atoms with van der Waals surface area (Å²) in [6.07, 6.45) is 0. The van der Waals surface area contributed by atoms with Crippen molar-refractivity contribution in [1.82, 2.24) is 15.2 Å². The second kappa shape index (κ2) is 8.96. The van der Waals surface area contributed by atoms with E-state index in [4.69, 9.17) is 21.9 Å². The highest BCUT2D eigenvalue weighted by Gasteiger charge is 2.10. The van der Waals surface area contributed by atoms with Crippen LogP contribution in [0, 0.1) is 6.92 Å². The van der Waals surface area contributed by atoms with Crippen LogP contribution < -0.4 is 10.6 Å². The zero-order valence-corrected chi connectivity index (χ0v) is 17.5. The largest absolute Gasteiger partial charge is 0.379 e. The number of ether oxygens (including phenoxy) is 1. The number of fused-ring (bicyclic) bond motifs is 1. The van der Waals surface area contributed by atoms with Gasteiger partial charge in [-0.1, -0.05) is 6.07 Å². The Labute approximate surface area is 174 Å². The molecular formula is C21H24N4OS2. The van der Waals surface area contributed by atoms with Gasteiger partial charge in [0.1, 0.15) is 5.01 Å². The molecule has 2 N–H and O–H groups in total. The Hall–Kier alpha value is -2.06. The fourth-order valence-electron chi connectivity index (χ4n) is 3.18. The fourth-order valence-corrected chi connectivity index (χ4v) is 4.47. The number of hydrogen-bond acceptors (Lipinski definition) is 5. The van der Waals surface area contributed by atoms with Gasteiger partial charge in [-0.25, -0.2) is 4.98 Å². The summed E-state index contributed by atoms with van der Waals surface area (Å²) in [4.78, 5) is 7.13. The number of aromatic nitrogens is 1. The first kappa shape index (κ1) is 19.3. The Morgan fingerprint density at radius 1 is 1.18 bits per heavy atom. The van der Waals surface area contributed by atoms with E-state index in [-0.39, 0.29) is 0 Å². The Kier molecular flexibility index (Phi) is 6.17. The molecule has 0 unspecified atom stereocenters. The molecule has 2 aromatic carbocycles. The van der Waals surface area contributed by atoms with Gasteiger partial charge >= 0.3 is 0 Å². The molecule has 0 amide bonds. The molecule has 2 heterocycles. The van der Waals surface area contributed by atoms with Crippen LogP contribution in [0.4, 0.5) is 5.69 Å². The van der Waals surface area contributed by atoms with Crippen molar-refractivity contribution in [1.29, 1.82) is 0 Å². The highest BCUT2D eigenvalue weighted by atomic mass is 32.1. The minimum atomic E-state index is 0.650. The zero-order chi connectivity index (χ0) is 19.3. The van der Waals surface area contributed by atoms with Crippen LogP contribution in [0.5, 0.6) is 0 Å². The predicted molar refractivity (Wildman–Crippen MR) is 121 cm³/mol. The Balaban J connectivity index is 1.31. The molecule has 1 saturated heterocycles. The van der Waals surface area contributed by atoms with Crippen molar-refractivity contribution in [2.75, 3.05) is 44.7 Å². The summed E-state index contributed by atoms with van der Waals surface area (Å²) in [5.74, 6) is 0. The average molecular weight is 413 g/mol. The monoisotopic (exact) mass is 412 g/mol. The van der Waals surface area contributed by atoms with Crippen molar-refractivity contribution in [3.05, 3.63) is 48.0 Å². The number of morpholine rings is 1. The van der Waals surface area contributed by atoms with E-state index in [1.165, 1.54) is 10.3 Å². The molecule has 0 radical (unpaired) electrons. The molecule has 4 rings (SSSR count). The molecule has 0 atom stereocenters. The number of thiazole rings is 1. The van der Waals surface area contributed by atoms with Gasteiger partial charge in [0.15, 0.2) is 5.11 Å². The smallest absolute Gasteiger partial charge is 0.170 e. The van der Waals surface area contributed by atoms with Gasteiger partial charge in [-0.2, -0.15) is 0 Å². The van der Waals surface area contributed by atoms with Crippen LogP contribution in [0.15, 0.2) is 42.5 Å². The van der Waals surface area contributed by atoms with Crippen molar-refractivity contribution in [3.8, 4) is 10.6 Å². The maximum absolute atomic E-state index is 5.41. The number of aryl methyl sites for hydroxylation is 1. The van der Waals surface area contributed by atoms with E-state index in [0.717, 1.165) is 61.2 Å². The van der Waals surface area contributed by atoms with Crippen LogP contribution in [0.3, 0.4) is 0 Å². The Morgan fingerprint density at radius 3 is 2.75 bits per heavy atom. The molecule has 28 heavy (non-hydrogen) atoms. The lowest BCUT2D eigenvalue weighted by atomic mass is 10.2. The van der Waals surface area contributed by atoms with Gasteiger partial charge in [0.05, 0.1) is 23.4 Å². The highest BCUT2D eigenvalue weighted by Crippen LogP contribution is 2.31. The third kappa shape index (κ3) is 4.86. The molecule has 3 aromatic rings. The van der Waals surface area contributed by atoms with E-state index in [1.54, 1.807) is 11.3 Å². The minimum absolute atomic E-state index is 0.650. The standard InChI is InChI=1S/C21H24N4OS2/c1-15-2-7-18-19(14-15)28-20(24-18)16-3-5-17(6-4-16)23-21(27)22-8-9-25-10-12-26-13-11-25/h2-7,14H,8-13H2,1H3,(H2,22,23,27). The van der Waals surface area contributed by atoms with E-state index in [1.807, 2.05) is 12.1 Å². The van der Waals surface area contributed by atoms with Crippen LogP contribution in [0.2, 0.25) is 0 Å². The maximum Gasteiger partial charge on any atom is 0.170 e. The molecule has 1 aliphatic heterocycles. The predicted octanol–water partition coefficient (Wildman–Crippen LogP) is 3.89. The number of nitrogens with one attached hydrogen (secondary N) is 2. The minimum Gasteiger partial charge on any atom is -0.379 e. The SMILES string of the molecule is Cc1ccc2nc(-c3ccc(NC(=S)NCCN4CCOCC4)cc3)sc2c1. The second-order valence-corrected chi connectivity index (χ2v) is 8.34. The first-order valence-corrected chi connectivity index (χ1v) is 10.7. The molecular weight excluding hydrogens is 388 g/mol. The molecule has 7 heteroatoms. The van der Waals surface area contributed by atoms with E-state index in [0.29, 0.717) is 5.11 Å². The molecule has 146 valence electrons. The quantitative estimate of drug-likeness (QED) is 0.620. The normalized spacial score (nSPS) is 14.9. The third-order valence-corrected chi connectivity index (χ3v) is 6.06. The maximum atomic E-state index is 5.41. The van der Waals surface area contributed by atoms with Gasteiger partial charge in [0, 0.05) is 37.4 Å². The number of anilines is 1. The van der Waals surface area contributed by atoms with Crippen molar-refractivity contribution in [2.24, 2.45) is 0 Å². The first-order valence-electron chi connectivity index (χ1n) is 9.50. The molecule has 5 nitrogen and oxygen atoms in total. The fraction of sp³-hybridized carbons (Fsp3) is 0.333. The summed E-state index contributed by atoms with van der Waals surface area (Å²) in [6.45, 7) is 7.55. The van der Waals surface area contributed by atoms with Gasteiger partial charge in [0.25, 0.3) is 0 Å². The Morgan fingerprint density at radius 2 is 1.96 bits per heavy atom. The van der Waals surface area contributed by atoms with Crippen molar-refractivity contribution < 1.29 is 4.74 Å². The van der Waals surface area contributed by atoms with Crippen molar-refractivity contribution in [2.45, 2.75) is 6.92 Å². The van der Waals surface area contributed by atoms with Gasteiger partial charge in [-0.05, 0) is 61.1 Å². The number of hydrogen-bond donors (Lipinski definition) is 2. The number of thiocarbonyl (C=S) groups is 1. The number of nitrogens with zero attached hydrogens (tertiary/aromatic N) is 2. The number of rotatable bonds is 5. The summed E-state index contributed by atoms with van der Waals surface area (Å²) in [6, 6.07) is 14.6. The highest BCUT2D eigenvalue weighted by molar-refractivity contribution is 7.80. The lowest BCUT2D eigenvalue weighted by Gasteiger charge is -2.26.